The predicted octanol–water partition coefficient (Wildman–Crippen LogP) is 3.19. The number of hydrogen-bond donors (Lipinski definition) is 0. The van der Waals surface area contributed by atoms with E-state index < -0.39 is 0 Å². The smallest absolute Gasteiger partial charge is 0.316 e. The number of aromatic nitrogens is 2. The number of nitrogens with zero attached hydrogens (tertiary/aromatic N) is 3. The summed E-state index contributed by atoms with van der Waals surface area (Å²) in [5.41, 5.74) is 1.95. The van der Waals surface area contributed by atoms with E-state index in [-0.39, 0.29) is 17.8 Å². The third-order valence-electron chi connectivity index (χ3n) is 4.03. The second kappa shape index (κ2) is 4.56. The molecule has 2 aliphatic rings. The molecule has 1 aromatic carbocycles. The summed E-state index contributed by atoms with van der Waals surface area (Å²) in [5, 5.41) is 8.58. The van der Waals surface area contributed by atoms with Gasteiger partial charge in [-0.15, -0.1) is 10.2 Å². The molecule has 1 amide bonds. The van der Waals surface area contributed by atoms with E-state index in [1.165, 1.54) is 0 Å². The molecule has 0 spiro atoms. The molecule has 0 N–H and O–H groups in total. The molecule has 0 saturated heterocycles. The molecule has 1 saturated carbocycles. The average Bonchev–Trinajstić information content (AvgIpc) is 3.09. The van der Waals surface area contributed by atoms with Gasteiger partial charge in [0.05, 0.1) is 0 Å². The Morgan fingerprint density at radius 3 is 2.95 bits per heavy atom. The lowest BCUT2D eigenvalue weighted by molar-refractivity contribution is 0.0946. The van der Waals surface area contributed by atoms with E-state index in [0.29, 0.717) is 16.8 Å². The van der Waals surface area contributed by atoms with Gasteiger partial charge < -0.3 is 9.32 Å². The Balaban J connectivity index is 1.67. The second-order valence-electron chi connectivity index (χ2n) is 5.72. The van der Waals surface area contributed by atoms with Gasteiger partial charge in [0.15, 0.2) is 0 Å². The van der Waals surface area contributed by atoms with Crippen molar-refractivity contribution in [3.05, 3.63) is 40.6 Å². The lowest BCUT2D eigenvalue weighted by Crippen LogP contribution is -2.35. The molecule has 1 atom stereocenters. The quantitative estimate of drug-likeness (QED) is 0.855. The van der Waals surface area contributed by atoms with Crippen LogP contribution in [0.5, 0.6) is 0 Å². The molecule has 2 aromatic rings. The van der Waals surface area contributed by atoms with Crippen LogP contribution in [-0.2, 0) is 6.42 Å². The monoisotopic (exact) mass is 303 g/mol. The summed E-state index contributed by atoms with van der Waals surface area (Å²) < 4.78 is 5.53. The summed E-state index contributed by atoms with van der Waals surface area (Å²) in [7, 11) is 0. The third-order valence-corrected chi connectivity index (χ3v) is 4.26. The predicted molar refractivity (Wildman–Crippen MR) is 77.7 cm³/mol. The van der Waals surface area contributed by atoms with Crippen molar-refractivity contribution in [2.75, 3.05) is 4.90 Å². The molecule has 0 radical (unpaired) electrons. The van der Waals surface area contributed by atoms with Crippen molar-refractivity contribution in [2.24, 2.45) is 0 Å². The Morgan fingerprint density at radius 2 is 2.19 bits per heavy atom. The number of anilines is 1. The van der Waals surface area contributed by atoms with Crippen LogP contribution in [0.1, 0.15) is 47.8 Å². The molecule has 1 aliphatic carbocycles. The third kappa shape index (κ3) is 2.12. The molecule has 0 bridgehead atoms. The molecule has 1 aliphatic heterocycles. The van der Waals surface area contributed by atoms with Gasteiger partial charge in [0.1, 0.15) is 0 Å². The summed E-state index contributed by atoms with van der Waals surface area (Å²) in [6.45, 7) is 2.00. The highest BCUT2D eigenvalue weighted by Gasteiger charge is 2.36. The average molecular weight is 304 g/mol. The van der Waals surface area contributed by atoms with Gasteiger partial charge in [-0.25, -0.2) is 0 Å². The van der Waals surface area contributed by atoms with Crippen molar-refractivity contribution < 1.29 is 9.21 Å². The fourth-order valence-electron chi connectivity index (χ4n) is 2.83. The minimum Gasteiger partial charge on any atom is -0.417 e. The lowest BCUT2D eigenvalue weighted by atomic mass is 10.1. The normalized spacial score (nSPS) is 20.7. The fraction of sp³-hybridized carbons (Fsp3) is 0.400. The Morgan fingerprint density at radius 1 is 1.38 bits per heavy atom. The van der Waals surface area contributed by atoms with Gasteiger partial charge in [0.25, 0.3) is 0 Å². The molecule has 6 heteroatoms. The maximum Gasteiger partial charge on any atom is 0.316 e. The first-order valence-electron chi connectivity index (χ1n) is 7.09. The molecular weight excluding hydrogens is 290 g/mol. The van der Waals surface area contributed by atoms with E-state index in [9.17, 15) is 4.79 Å². The first-order valence-corrected chi connectivity index (χ1v) is 7.46. The van der Waals surface area contributed by atoms with Crippen molar-refractivity contribution >= 4 is 23.2 Å². The van der Waals surface area contributed by atoms with Gasteiger partial charge in [0, 0.05) is 22.7 Å². The van der Waals surface area contributed by atoms with E-state index in [1.54, 1.807) is 11.0 Å². The number of fused-ring (bicyclic) bond motifs is 1. The Hall–Kier alpha value is -1.88. The van der Waals surface area contributed by atoms with E-state index >= 15 is 0 Å². The van der Waals surface area contributed by atoms with Gasteiger partial charge in [-0.05, 0) is 49.9 Å². The molecule has 1 unspecified atom stereocenters. The molecule has 5 nitrogen and oxygen atoms in total. The zero-order chi connectivity index (χ0) is 14.6. The van der Waals surface area contributed by atoms with E-state index in [2.05, 4.69) is 10.2 Å². The Bertz CT molecular complexity index is 723. The lowest BCUT2D eigenvalue weighted by Gasteiger charge is -2.20. The number of carbonyl (C=O) groups is 1. The van der Waals surface area contributed by atoms with Crippen LogP contribution in [0.3, 0.4) is 0 Å². The maximum atomic E-state index is 12.7. The summed E-state index contributed by atoms with van der Waals surface area (Å²) in [5.74, 6) is 0.775. The van der Waals surface area contributed by atoms with Gasteiger partial charge in [-0.1, -0.05) is 11.6 Å². The number of benzene rings is 1. The Labute approximate surface area is 126 Å². The highest BCUT2D eigenvalue weighted by atomic mass is 35.5. The van der Waals surface area contributed by atoms with Gasteiger partial charge in [0.2, 0.25) is 5.89 Å². The van der Waals surface area contributed by atoms with E-state index in [4.69, 9.17) is 16.0 Å². The summed E-state index contributed by atoms with van der Waals surface area (Å²) in [6, 6.07) is 5.63. The first-order chi connectivity index (χ1) is 10.1. The van der Waals surface area contributed by atoms with E-state index in [0.717, 1.165) is 30.5 Å². The van der Waals surface area contributed by atoms with Crippen LogP contribution in [-0.4, -0.2) is 22.1 Å². The molecule has 21 heavy (non-hydrogen) atoms. The molecule has 108 valence electrons. The SMILES string of the molecule is CC1Cc2cc(Cl)ccc2N1C(=O)c1nnc(C2CC2)o1. The van der Waals surface area contributed by atoms with Crippen LogP contribution in [0.4, 0.5) is 5.69 Å². The van der Waals surface area contributed by atoms with Crippen molar-refractivity contribution in [2.45, 2.75) is 38.1 Å². The van der Waals surface area contributed by atoms with Gasteiger partial charge in [-0.2, -0.15) is 0 Å². The molecule has 1 fully saturated rings. The van der Waals surface area contributed by atoms with Crippen LogP contribution < -0.4 is 4.90 Å². The molecule has 2 heterocycles. The maximum absolute atomic E-state index is 12.7. The number of halogens is 1. The largest absolute Gasteiger partial charge is 0.417 e. The number of rotatable bonds is 2. The fourth-order valence-corrected chi connectivity index (χ4v) is 3.02. The first kappa shape index (κ1) is 12.8. The van der Waals surface area contributed by atoms with Crippen molar-refractivity contribution in [3.8, 4) is 0 Å². The summed E-state index contributed by atoms with van der Waals surface area (Å²) in [6.07, 6.45) is 2.92. The summed E-state index contributed by atoms with van der Waals surface area (Å²) in [4.78, 5) is 14.4. The minimum atomic E-state index is -0.233. The van der Waals surface area contributed by atoms with Crippen LogP contribution in [0.25, 0.3) is 0 Å². The standard InChI is InChI=1S/C15H14ClN3O2/c1-8-6-10-7-11(16)4-5-12(10)19(8)15(20)14-18-17-13(21-14)9-2-3-9/h4-5,7-9H,2-3,6H2,1H3. The molecule has 1 aromatic heterocycles. The van der Waals surface area contributed by atoms with Crippen LogP contribution in [0.15, 0.2) is 22.6 Å². The highest BCUT2D eigenvalue weighted by Crippen LogP contribution is 2.39. The van der Waals surface area contributed by atoms with Crippen LogP contribution in [0.2, 0.25) is 5.02 Å². The summed E-state index contributed by atoms with van der Waals surface area (Å²) >= 11 is 6.02. The molecule has 4 rings (SSSR count). The van der Waals surface area contributed by atoms with E-state index in [1.807, 2.05) is 19.1 Å². The second-order valence-corrected chi connectivity index (χ2v) is 6.16. The minimum absolute atomic E-state index is 0.0576. The number of hydrogen-bond acceptors (Lipinski definition) is 4. The zero-order valence-corrected chi connectivity index (χ0v) is 12.3. The number of amides is 1. The topological polar surface area (TPSA) is 59.2 Å². The van der Waals surface area contributed by atoms with Gasteiger partial charge >= 0.3 is 11.8 Å². The van der Waals surface area contributed by atoms with Crippen LogP contribution >= 0.6 is 11.6 Å². The van der Waals surface area contributed by atoms with Gasteiger partial charge in [-0.3, -0.25) is 4.79 Å². The van der Waals surface area contributed by atoms with Crippen LogP contribution in [0, 0.1) is 0 Å². The van der Waals surface area contributed by atoms with Crippen molar-refractivity contribution in [3.63, 3.8) is 0 Å². The number of carbonyl (C=O) groups excluding carboxylic acids is 1. The molecular formula is C15H14ClN3O2. The van der Waals surface area contributed by atoms with Crippen molar-refractivity contribution in [1.29, 1.82) is 0 Å². The highest BCUT2D eigenvalue weighted by molar-refractivity contribution is 6.30. The zero-order valence-electron chi connectivity index (χ0n) is 11.5. The Kier molecular flexibility index (Phi) is 2.79. The van der Waals surface area contributed by atoms with Crippen molar-refractivity contribution in [1.82, 2.24) is 10.2 Å².